The second kappa shape index (κ2) is 5.99. The summed E-state index contributed by atoms with van der Waals surface area (Å²) in [7, 11) is 0. The molecule has 0 fully saturated rings. The quantitative estimate of drug-likeness (QED) is 0.913. The number of nitrogens with zero attached hydrogens (tertiary/aromatic N) is 3. The van der Waals surface area contributed by atoms with E-state index in [2.05, 4.69) is 15.1 Å². The number of rotatable bonds is 5. The first-order valence-electron chi connectivity index (χ1n) is 5.42. The molecule has 2 aromatic heterocycles. The maximum absolute atomic E-state index is 10.4. The molecule has 2 heterocycles. The van der Waals surface area contributed by atoms with Gasteiger partial charge in [-0.3, -0.25) is 4.79 Å². The van der Waals surface area contributed by atoms with E-state index in [1.165, 1.54) is 12.3 Å². The number of aliphatic carboxylic acids is 1. The van der Waals surface area contributed by atoms with Crippen molar-refractivity contribution < 1.29 is 14.4 Å². The van der Waals surface area contributed by atoms with Crippen LogP contribution in [-0.4, -0.2) is 26.2 Å². The van der Waals surface area contributed by atoms with Gasteiger partial charge in [0.2, 0.25) is 11.7 Å². The maximum atomic E-state index is 10.4. The third kappa shape index (κ3) is 3.65. The van der Waals surface area contributed by atoms with Gasteiger partial charge in [0.15, 0.2) is 0 Å². The molecule has 0 aromatic carbocycles. The Bertz CT molecular complexity index is 601. The van der Waals surface area contributed by atoms with Crippen LogP contribution in [0.1, 0.15) is 18.7 Å². The minimum atomic E-state index is -0.859. The molecule has 2 rings (SSSR count). The van der Waals surface area contributed by atoms with Gasteiger partial charge in [0.1, 0.15) is 5.69 Å². The highest BCUT2D eigenvalue weighted by molar-refractivity contribution is 6.35. The van der Waals surface area contributed by atoms with Crippen molar-refractivity contribution in [2.45, 2.75) is 19.3 Å². The number of hydrogen-bond acceptors (Lipinski definition) is 5. The van der Waals surface area contributed by atoms with Crippen molar-refractivity contribution in [3.05, 3.63) is 28.2 Å². The topological polar surface area (TPSA) is 89.1 Å². The van der Waals surface area contributed by atoms with E-state index in [9.17, 15) is 4.79 Å². The van der Waals surface area contributed by atoms with Crippen molar-refractivity contribution >= 4 is 29.2 Å². The molecule has 0 aliphatic heterocycles. The van der Waals surface area contributed by atoms with Gasteiger partial charge in [-0.2, -0.15) is 4.98 Å². The molecule has 0 spiro atoms. The summed E-state index contributed by atoms with van der Waals surface area (Å²) in [5.74, 6) is -0.252. The lowest BCUT2D eigenvalue weighted by atomic mass is 10.2. The smallest absolute Gasteiger partial charge is 0.303 e. The first-order valence-corrected chi connectivity index (χ1v) is 6.17. The largest absolute Gasteiger partial charge is 0.481 e. The van der Waals surface area contributed by atoms with Gasteiger partial charge in [0, 0.05) is 19.0 Å². The third-order valence-corrected chi connectivity index (χ3v) is 2.76. The molecule has 2 aromatic rings. The van der Waals surface area contributed by atoms with E-state index in [0.29, 0.717) is 34.5 Å². The summed E-state index contributed by atoms with van der Waals surface area (Å²) in [6.07, 6.45) is 2.31. The van der Waals surface area contributed by atoms with Gasteiger partial charge >= 0.3 is 5.97 Å². The Kier molecular flexibility index (Phi) is 4.34. The van der Waals surface area contributed by atoms with Gasteiger partial charge < -0.3 is 9.63 Å². The Hall–Kier alpha value is -1.66. The average Bonchev–Trinajstić information content (AvgIpc) is 2.77. The zero-order valence-corrected chi connectivity index (χ0v) is 11.1. The van der Waals surface area contributed by atoms with Gasteiger partial charge in [-0.15, -0.1) is 0 Å². The van der Waals surface area contributed by atoms with Crippen LogP contribution in [0.2, 0.25) is 10.0 Å². The van der Waals surface area contributed by atoms with Gasteiger partial charge in [0.25, 0.3) is 0 Å². The van der Waals surface area contributed by atoms with Crippen molar-refractivity contribution in [1.82, 2.24) is 15.1 Å². The first-order chi connectivity index (χ1) is 9.06. The lowest BCUT2D eigenvalue weighted by Crippen LogP contribution is -1.96. The van der Waals surface area contributed by atoms with Crippen LogP contribution >= 0.6 is 23.2 Å². The highest BCUT2D eigenvalue weighted by atomic mass is 35.5. The van der Waals surface area contributed by atoms with E-state index in [1.54, 1.807) is 0 Å². The minimum Gasteiger partial charge on any atom is -0.481 e. The molecule has 6 nitrogen and oxygen atoms in total. The summed E-state index contributed by atoms with van der Waals surface area (Å²) >= 11 is 11.7. The number of aromatic nitrogens is 3. The standard InChI is InChI=1S/C11H9Cl2N3O3/c12-6-4-7(13)10(14-5-6)11-15-8(19-16-11)2-1-3-9(17)18/h4-5H,1-3H2,(H,17,18). The SMILES string of the molecule is O=C(O)CCCc1nc(-c2ncc(Cl)cc2Cl)no1. The van der Waals surface area contributed by atoms with Gasteiger partial charge in [-0.1, -0.05) is 28.4 Å². The summed E-state index contributed by atoms with van der Waals surface area (Å²) in [4.78, 5) is 18.5. The van der Waals surface area contributed by atoms with E-state index in [4.69, 9.17) is 32.8 Å². The van der Waals surface area contributed by atoms with Crippen molar-refractivity contribution in [2.24, 2.45) is 0 Å². The number of hydrogen-bond donors (Lipinski definition) is 1. The zero-order chi connectivity index (χ0) is 13.8. The molecule has 0 unspecified atom stereocenters. The van der Waals surface area contributed by atoms with Crippen LogP contribution in [0.4, 0.5) is 0 Å². The zero-order valence-electron chi connectivity index (χ0n) is 9.64. The number of carbonyl (C=O) groups is 1. The average molecular weight is 302 g/mol. The monoisotopic (exact) mass is 301 g/mol. The highest BCUT2D eigenvalue weighted by Crippen LogP contribution is 2.25. The first kappa shape index (κ1) is 13.8. The number of halogens is 2. The van der Waals surface area contributed by atoms with Crippen molar-refractivity contribution in [3.8, 4) is 11.5 Å². The van der Waals surface area contributed by atoms with Gasteiger partial charge in [-0.05, 0) is 12.5 Å². The number of pyridine rings is 1. The molecule has 0 bridgehead atoms. The van der Waals surface area contributed by atoms with Crippen LogP contribution in [0.5, 0.6) is 0 Å². The molecule has 1 N–H and O–H groups in total. The molecular weight excluding hydrogens is 293 g/mol. The lowest BCUT2D eigenvalue weighted by Gasteiger charge is -1.97. The minimum absolute atomic E-state index is 0.0532. The molecule has 8 heteroatoms. The Labute approximate surface area is 118 Å². The summed E-state index contributed by atoms with van der Waals surface area (Å²) in [6.45, 7) is 0. The highest BCUT2D eigenvalue weighted by Gasteiger charge is 2.13. The fraction of sp³-hybridized carbons (Fsp3) is 0.273. The summed E-state index contributed by atoms with van der Waals surface area (Å²) < 4.78 is 5.00. The second-order valence-corrected chi connectivity index (χ2v) is 4.59. The van der Waals surface area contributed by atoms with Crippen molar-refractivity contribution in [1.29, 1.82) is 0 Å². The van der Waals surface area contributed by atoms with E-state index in [0.717, 1.165) is 0 Å². The van der Waals surface area contributed by atoms with E-state index >= 15 is 0 Å². The van der Waals surface area contributed by atoms with Crippen LogP contribution < -0.4 is 0 Å². The van der Waals surface area contributed by atoms with Crippen LogP contribution in [-0.2, 0) is 11.2 Å². The van der Waals surface area contributed by atoms with Crippen molar-refractivity contribution in [2.75, 3.05) is 0 Å². The predicted octanol–water partition coefficient (Wildman–Crippen LogP) is 2.85. The van der Waals surface area contributed by atoms with Gasteiger partial charge in [-0.25, -0.2) is 4.98 Å². The molecule has 0 saturated carbocycles. The van der Waals surface area contributed by atoms with Crippen molar-refractivity contribution in [3.63, 3.8) is 0 Å². The molecule has 0 aliphatic rings. The van der Waals surface area contributed by atoms with Crippen LogP contribution in [0.15, 0.2) is 16.8 Å². The van der Waals surface area contributed by atoms with E-state index < -0.39 is 5.97 Å². The number of carboxylic acid groups (broad SMARTS) is 1. The van der Waals surface area contributed by atoms with E-state index in [-0.39, 0.29) is 12.2 Å². The number of carboxylic acids is 1. The molecule has 100 valence electrons. The Morgan fingerprint density at radius 1 is 1.42 bits per heavy atom. The van der Waals surface area contributed by atoms with E-state index in [1.807, 2.05) is 0 Å². The molecule has 0 radical (unpaired) electrons. The molecule has 0 amide bonds. The Morgan fingerprint density at radius 2 is 2.21 bits per heavy atom. The third-order valence-electron chi connectivity index (χ3n) is 2.27. The summed E-state index contributed by atoms with van der Waals surface area (Å²) in [6, 6.07) is 1.53. The fourth-order valence-corrected chi connectivity index (χ4v) is 1.89. The van der Waals surface area contributed by atoms with Gasteiger partial charge in [0.05, 0.1) is 10.0 Å². The molecule has 0 saturated heterocycles. The maximum Gasteiger partial charge on any atom is 0.303 e. The predicted molar refractivity (Wildman–Crippen MR) is 68.1 cm³/mol. The number of aryl methyl sites for hydroxylation is 1. The Morgan fingerprint density at radius 3 is 2.89 bits per heavy atom. The summed E-state index contributed by atoms with van der Waals surface area (Å²) in [5, 5.41) is 13.0. The van der Waals surface area contributed by atoms with Crippen LogP contribution in [0.3, 0.4) is 0 Å². The van der Waals surface area contributed by atoms with Crippen LogP contribution in [0.25, 0.3) is 11.5 Å². The second-order valence-electron chi connectivity index (χ2n) is 3.74. The fourth-order valence-electron chi connectivity index (χ4n) is 1.42. The molecule has 0 aliphatic carbocycles. The Balaban J connectivity index is 2.10. The molecular formula is C11H9Cl2N3O3. The lowest BCUT2D eigenvalue weighted by molar-refractivity contribution is -0.137. The normalized spacial score (nSPS) is 10.6. The molecule has 0 atom stereocenters. The van der Waals surface area contributed by atoms with Crippen LogP contribution in [0, 0.1) is 0 Å². The summed E-state index contributed by atoms with van der Waals surface area (Å²) in [5.41, 5.74) is 0.374. The molecule has 19 heavy (non-hydrogen) atoms.